The quantitative estimate of drug-likeness (QED) is 0.735. The Morgan fingerprint density at radius 3 is 2.80 bits per heavy atom. The molecule has 1 aromatic heterocycles. The van der Waals surface area contributed by atoms with Crippen LogP contribution in [0.1, 0.15) is 49.0 Å². The summed E-state index contributed by atoms with van der Waals surface area (Å²) in [5.74, 6) is -0.198. The lowest BCUT2D eigenvalue weighted by atomic mass is 10.1. The van der Waals surface area contributed by atoms with Crippen LogP contribution in [0.2, 0.25) is 0 Å². The Balaban J connectivity index is 1.84. The Bertz CT molecular complexity index is 803. The van der Waals surface area contributed by atoms with Crippen LogP contribution >= 0.6 is 11.8 Å². The molecule has 2 unspecified atom stereocenters. The monoisotopic (exact) mass is 363 g/mol. The Labute approximate surface area is 151 Å². The third-order valence-electron chi connectivity index (χ3n) is 5.07. The molecule has 0 aliphatic heterocycles. The van der Waals surface area contributed by atoms with Gasteiger partial charge < -0.3 is 15.4 Å². The number of carbonyl (C=O) groups is 1. The van der Waals surface area contributed by atoms with Crippen molar-refractivity contribution in [3.8, 4) is 0 Å². The number of imidazole rings is 1. The number of amides is 1. The van der Waals surface area contributed by atoms with Gasteiger partial charge in [0, 0.05) is 22.9 Å². The number of hydrogen-bond donors (Lipinski definition) is 3. The van der Waals surface area contributed by atoms with E-state index in [2.05, 4.69) is 10.3 Å². The zero-order chi connectivity index (χ0) is 18.0. The average Bonchev–Trinajstić information content (AvgIpc) is 3.21. The van der Waals surface area contributed by atoms with E-state index in [4.69, 9.17) is 0 Å². The molecular formula is C18H25N3O3S. The molecule has 1 fully saturated rings. The molecule has 1 saturated carbocycles. The van der Waals surface area contributed by atoms with E-state index in [1.165, 1.54) is 11.8 Å². The van der Waals surface area contributed by atoms with Crippen LogP contribution in [0.4, 0.5) is 0 Å². The van der Waals surface area contributed by atoms with E-state index < -0.39 is 0 Å². The molecule has 1 amide bonds. The van der Waals surface area contributed by atoms with Gasteiger partial charge in [0.05, 0.1) is 17.6 Å². The summed E-state index contributed by atoms with van der Waals surface area (Å²) in [7, 11) is 0. The van der Waals surface area contributed by atoms with Crippen molar-refractivity contribution in [1.29, 1.82) is 0 Å². The minimum Gasteiger partial charge on any atom is -0.395 e. The summed E-state index contributed by atoms with van der Waals surface area (Å²) in [6.07, 6.45) is 6.28. The highest BCUT2D eigenvalue weighted by molar-refractivity contribution is 7.99. The summed E-state index contributed by atoms with van der Waals surface area (Å²) in [5, 5.41) is 12.2. The van der Waals surface area contributed by atoms with Gasteiger partial charge in [0.1, 0.15) is 0 Å². The first-order valence-electron chi connectivity index (χ1n) is 8.74. The fourth-order valence-corrected chi connectivity index (χ4v) is 4.24. The van der Waals surface area contributed by atoms with E-state index in [0.29, 0.717) is 11.1 Å². The van der Waals surface area contributed by atoms with E-state index in [1.54, 1.807) is 12.1 Å². The lowest BCUT2D eigenvalue weighted by Crippen LogP contribution is -2.41. The van der Waals surface area contributed by atoms with Crippen molar-refractivity contribution in [1.82, 2.24) is 14.9 Å². The standard InChI is InChI=1S/C18H25N3O3S/c1-11(16(10-22)25-2)19-17(23)12-7-8-15-14(9-12)20-18(24)21(15)13-5-3-4-6-13/h7-9,11,13,16,22H,3-6,10H2,1-2H3,(H,19,23)(H,20,24). The highest BCUT2D eigenvalue weighted by Gasteiger charge is 2.22. The Hall–Kier alpha value is -1.73. The average molecular weight is 363 g/mol. The summed E-state index contributed by atoms with van der Waals surface area (Å²) < 4.78 is 1.84. The molecule has 1 aliphatic rings. The second kappa shape index (κ2) is 7.66. The molecule has 25 heavy (non-hydrogen) atoms. The number of nitrogens with zero attached hydrogens (tertiary/aromatic N) is 1. The zero-order valence-corrected chi connectivity index (χ0v) is 15.4. The van der Waals surface area contributed by atoms with E-state index in [-0.39, 0.29) is 35.5 Å². The van der Waals surface area contributed by atoms with Gasteiger partial charge in [0.15, 0.2) is 0 Å². The van der Waals surface area contributed by atoms with Gasteiger partial charge in [0.25, 0.3) is 5.91 Å². The Morgan fingerprint density at radius 1 is 1.44 bits per heavy atom. The molecule has 6 nitrogen and oxygen atoms in total. The molecule has 2 atom stereocenters. The normalized spacial score (nSPS) is 17.7. The highest BCUT2D eigenvalue weighted by Crippen LogP contribution is 2.30. The minimum atomic E-state index is -0.198. The zero-order valence-electron chi connectivity index (χ0n) is 14.6. The molecule has 7 heteroatoms. The van der Waals surface area contributed by atoms with Crippen molar-refractivity contribution < 1.29 is 9.90 Å². The van der Waals surface area contributed by atoms with E-state index >= 15 is 0 Å². The number of nitrogens with one attached hydrogen (secondary N) is 2. The van der Waals surface area contributed by atoms with Crippen LogP contribution < -0.4 is 11.0 Å². The molecule has 0 saturated heterocycles. The number of aromatic amines is 1. The lowest BCUT2D eigenvalue weighted by molar-refractivity contribution is 0.0936. The number of H-pyrrole nitrogens is 1. The van der Waals surface area contributed by atoms with Crippen molar-refractivity contribution in [3.63, 3.8) is 0 Å². The fourth-order valence-electron chi connectivity index (χ4n) is 3.62. The van der Waals surface area contributed by atoms with Crippen molar-refractivity contribution >= 4 is 28.7 Å². The van der Waals surface area contributed by atoms with Gasteiger partial charge in [-0.15, -0.1) is 0 Å². The van der Waals surface area contributed by atoms with Crippen molar-refractivity contribution in [2.45, 2.75) is 49.9 Å². The van der Waals surface area contributed by atoms with Crippen LogP contribution in [0.15, 0.2) is 23.0 Å². The number of rotatable bonds is 6. The van der Waals surface area contributed by atoms with Crippen molar-refractivity contribution in [2.24, 2.45) is 0 Å². The number of fused-ring (bicyclic) bond motifs is 1. The maximum Gasteiger partial charge on any atom is 0.326 e. The van der Waals surface area contributed by atoms with Gasteiger partial charge in [-0.1, -0.05) is 12.8 Å². The second-order valence-electron chi connectivity index (χ2n) is 6.69. The summed E-state index contributed by atoms with van der Waals surface area (Å²) in [6.45, 7) is 1.89. The van der Waals surface area contributed by atoms with Gasteiger partial charge in [-0.05, 0) is 44.2 Å². The first kappa shape index (κ1) is 18.1. The predicted molar refractivity (Wildman–Crippen MR) is 101 cm³/mol. The summed E-state index contributed by atoms with van der Waals surface area (Å²) in [5.41, 5.74) is 1.96. The predicted octanol–water partition coefficient (Wildman–Crippen LogP) is 2.29. The fraction of sp³-hybridized carbons (Fsp3) is 0.556. The van der Waals surface area contributed by atoms with Crippen LogP contribution in [-0.2, 0) is 0 Å². The van der Waals surface area contributed by atoms with Crippen LogP contribution in [0.5, 0.6) is 0 Å². The number of hydrogen-bond acceptors (Lipinski definition) is 4. The van der Waals surface area contributed by atoms with Crippen LogP contribution in [0.25, 0.3) is 11.0 Å². The molecule has 0 radical (unpaired) electrons. The lowest BCUT2D eigenvalue weighted by Gasteiger charge is -2.21. The summed E-state index contributed by atoms with van der Waals surface area (Å²) >= 11 is 1.52. The molecule has 3 N–H and O–H groups in total. The van der Waals surface area contributed by atoms with Gasteiger partial charge in [0.2, 0.25) is 0 Å². The third-order valence-corrected chi connectivity index (χ3v) is 6.23. The molecule has 1 heterocycles. The van der Waals surface area contributed by atoms with Crippen molar-refractivity contribution in [2.75, 3.05) is 12.9 Å². The molecule has 0 spiro atoms. The van der Waals surface area contributed by atoms with E-state index in [0.717, 1.165) is 31.2 Å². The third kappa shape index (κ3) is 3.62. The van der Waals surface area contributed by atoms with Crippen LogP contribution in [0.3, 0.4) is 0 Å². The molecule has 3 rings (SSSR count). The Morgan fingerprint density at radius 2 is 2.16 bits per heavy atom. The highest BCUT2D eigenvalue weighted by atomic mass is 32.2. The van der Waals surface area contributed by atoms with Gasteiger partial charge in [-0.2, -0.15) is 11.8 Å². The van der Waals surface area contributed by atoms with E-state index in [1.807, 2.05) is 23.8 Å². The van der Waals surface area contributed by atoms with Crippen LogP contribution in [-0.4, -0.2) is 44.7 Å². The molecular weight excluding hydrogens is 338 g/mol. The molecule has 2 aromatic rings. The topological polar surface area (TPSA) is 87.1 Å². The van der Waals surface area contributed by atoms with Gasteiger partial charge >= 0.3 is 5.69 Å². The first-order valence-corrected chi connectivity index (χ1v) is 10.0. The second-order valence-corrected chi connectivity index (χ2v) is 7.77. The number of carbonyl (C=O) groups excluding carboxylic acids is 1. The largest absolute Gasteiger partial charge is 0.395 e. The molecule has 1 aromatic carbocycles. The van der Waals surface area contributed by atoms with Crippen LogP contribution in [0, 0.1) is 0 Å². The maximum absolute atomic E-state index is 12.5. The number of benzene rings is 1. The number of aliphatic hydroxyl groups excluding tert-OH is 1. The van der Waals surface area contributed by atoms with Gasteiger partial charge in [-0.3, -0.25) is 9.36 Å². The maximum atomic E-state index is 12.5. The number of aromatic nitrogens is 2. The number of thioether (sulfide) groups is 1. The SMILES string of the molecule is CSC(CO)C(C)NC(=O)c1ccc2c(c1)[nH]c(=O)n2C1CCCC1. The molecule has 0 bridgehead atoms. The molecule has 1 aliphatic carbocycles. The Kier molecular flexibility index (Phi) is 5.54. The van der Waals surface area contributed by atoms with Crippen molar-refractivity contribution in [3.05, 3.63) is 34.2 Å². The summed E-state index contributed by atoms with van der Waals surface area (Å²) in [4.78, 5) is 27.7. The minimum absolute atomic E-state index is 0.0131. The van der Waals surface area contributed by atoms with Gasteiger partial charge in [-0.25, -0.2) is 4.79 Å². The molecule has 136 valence electrons. The summed E-state index contributed by atoms with van der Waals surface area (Å²) in [6, 6.07) is 5.45. The first-order chi connectivity index (χ1) is 12.0. The van der Waals surface area contributed by atoms with E-state index in [9.17, 15) is 14.7 Å². The smallest absolute Gasteiger partial charge is 0.326 e. The number of aliphatic hydroxyl groups is 1.